The maximum Gasteiger partial charge on any atom is 0.410 e. The minimum atomic E-state index is -0.511. The van der Waals surface area contributed by atoms with Crippen molar-refractivity contribution in [1.29, 1.82) is 0 Å². The van der Waals surface area contributed by atoms with Crippen molar-refractivity contribution in [3.8, 4) is 0 Å². The Kier molecular flexibility index (Phi) is 3.61. The number of hydrogen-bond acceptors (Lipinski definition) is 4. The van der Waals surface area contributed by atoms with E-state index in [1.807, 2.05) is 45.0 Å². The Hall–Kier alpha value is -3.09. The van der Waals surface area contributed by atoms with Gasteiger partial charge < -0.3 is 19.6 Å². The van der Waals surface area contributed by atoms with E-state index in [1.165, 1.54) is 6.33 Å². The molecule has 26 heavy (non-hydrogen) atoms. The molecule has 0 unspecified atom stereocenters. The summed E-state index contributed by atoms with van der Waals surface area (Å²) >= 11 is 0. The van der Waals surface area contributed by atoms with Crippen LogP contribution in [0, 0.1) is 0 Å². The number of benzene rings is 1. The van der Waals surface area contributed by atoms with Crippen molar-refractivity contribution in [1.82, 2.24) is 19.9 Å². The van der Waals surface area contributed by atoms with Gasteiger partial charge in [-0.1, -0.05) is 18.2 Å². The lowest BCUT2D eigenvalue weighted by molar-refractivity contribution is 0.0306. The van der Waals surface area contributed by atoms with E-state index in [0.717, 1.165) is 22.0 Å². The molecule has 1 aliphatic rings. The number of carbonyl (C=O) groups excluding carboxylic acids is 1. The SMILES string of the molecule is CC(C)(C)OC(=O)N1CC=C(c2ccc3c(c2)[nH]c2nc[nH]c(=O)c23)C1. The van der Waals surface area contributed by atoms with Crippen molar-refractivity contribution >= 4 is 33.6 Å². The summed E-state index contributed by atoms with van der Waals surface area (Å²) in [6.45, 7) is 6.59. The zero-order valence-electron chi connectivity index (χ0n) is 14.9. The van der Waals surface area contributed by atoms with Gasteiger partial charge in [0.2, 0.25) is 0 Å². The summed E-state index contributed by atoms with van der Waals surface area (Å²) in [5.74, 6) is 0. The summed E-state index contributed by atoms with van der Waals surface area (Å²) in [5.41, 5.74) is 2.80. The summed E-state index contributed by atoms with van der Waals surface area (Å²) in [6.07, 6.45) is 3.10. The van der Waals surface area contributed by atoms with Crippen molar-refractivity contribution in [2.75, 3.05) is 13.1 Å². The second kappa shape index (κ2) is 5.72. The summed E-state index contributed by atoms with van der Waals surface area (Å²) in [7, 11) is 0. The highest BCUT2D eigenvalue weighted by molar-refractivity contribution is 6.06. The van der Waals surface area contributed by atoms with Crippen LogP contribution in [0.25, 0.3) is 27.5 Å². The topological polar surface area (TPSA) is 91.1 Å². The lowest BCUT2D eigenvalue weighted by atomic mass is 10.0. The van der Waals surface area contributed by atoms with Crippen LogP contribution in [0.1, 0.15) is 26.3 Å². The monoisotopic (exact) mass is 352 g/mol. The molecule has 1 aromatic carbocycles. The first-order valence-electron chi connectivity index (χ1n) is 8.48. The Labute approximate surface area is 149 Å². The molecular weight excluding hydrogens is 332 g/mol. The molecule has 0 aliphatic carbocycles. The number of aromatic nitrogens is 3. The minimum absolute atomic E-state index is 0.162. The van der Waals surface area contributed by atoms with E-state index < -0.39 is 5.60 Å². The van der Waals surface area contributed by atoms with E-state index in [9.17, 15) is 9.59 Å². The molecule has 3 aromatic rings. The molecule has 0 atom stereocenters. The van der Waals surface area contributed by atoms with Crippen LogP contribution >= 0.6 is 0 Å². The fraction of sp³-hybridized carbons (Fsp3) is 0.316. The third-order valence-corrected chi connectivity index (χ3v) is 4.34. The fourth-order valence-electron chi connectivity index (χ4n) is 3.17. The molecule has 134 valence electrons. The summed E-state index contributed by atoms with van der Waals surface area (Å²) in [5, 5.41) is 1.39. The number of hydrogen-bond donors (Lipinski definition) is 2. The number of amides is 1. The van der Waals surface area contributed by atoms with Crippen LogP contribution < -0.4 is 5.56 Å². The summed E-state index contributed by atoms with van der Waals surface area (Å²) in [6, 6.07) is 5.87. The van der Waals surface area contributed by atoms with E-state index in [-0.39, 0.29) is 11.7 Å². The second-order valence-corrected chi connectivity index (χ2v) is 7.43. The zero-order chi connectivity index (χ0) is 18.5. The minimum Gasteiger partial charge on any atom is -0.444 e. The highest BCUT2D eigenvalue weighted by Crippen LogP contribution is 2.28. The van der Waals surface area contributed by atoms with Crippen LogP contribution in [-0.2, 0) is 4.74 Å². The van der Waals surface area contributed by atoms with Crippen molar-refractivity contribution in [3.05, 3.63) is 46.5 Å². The number of rotatable bonds is 1. The molecule has 7 heteroatoms. The third kappa shape index (κ3) is 2.85. The quantitative estimate of drug-likeness (QED) is 0.704. The Balaban J connectivity index is 1.62. The van der Waals surface area contributed by atoms with Crippen molar-refractivity contribution in [2.45, 2.75) is 26.4 Å². The lowest BCUT2D eigenvalue weighted by Gasteiger charge is -2.24. The number of nitrogens with zero attached hydrogens (tertiary/aromatic N) is 2. The van der Waals surface area contributed by atoms with Gasteiger partial charge in [0.25, 0.3) is 5.56 Å². The van der Waals surface area contributed by atoms with Gasteiger partial charge in [-0.25, -0.2) is 9.78 Å². The summed E-state index contributed by atoms with van der Waals surface area (Å²) < 4.78 is 5.43. The fourth-order valence-corrected chi connectivity index (χ4v) is 3.17. The number of ether oxygens (including phenoxy) is 1. The molecule has 2 aromatic heterocycles. The highest BCUT2D eigenvalue weighted by Gasteiger charge is 2.25. The number of H-pyrrole nitrogens is 2. The van der Waals surface area contributed by atoms with Gasteiger partial charge in [0, 0.05) is 24.0 Å². The molecular formula is C19H20N4O3. The molecule has 3 heterocycles. The Morgan fingerprint density at radius 1 is 1.31 bits per heavy atom. The van der Waals surface area contributed by atoms with Gasteiger partial charge in [0.15, 0.2) is 0 Å². The number of fused-ring (bicyclic) bond motifs is 3. The van der Waals surface area contributed by atoms with Gasteiger partial charge in [0.05, 0.1) is 11.7 Å². The van der Waals surface area contributed by atoms with Gasteiger partial charge in [-0.3, -0.25) is 4.79 Å². The first-order valence-corrected chi connectivity index (χ1v) is 8.48. The van der Waals surface area contributed by atoms with Gasteiger partial charge in [0.1, 0.15) is 11.2 Å². The highest BCUT2D eigenvalue weighted by atomic mass is 16.6. The van der Waals surface area contributed by atoms with Crippen LogP contribution in [-0.4, -0.2) is 44.6 Å². The van der Waals surface area contributed by atoms with Gasteiger partial charge in [-0.05, 0) is 38.0 Å². The second-order valence-electron chi connectivity index (χ2n) is 7.43. The predicted octanol–water partition coefficient (Wildman–Crippen LogP) is 3.04. The molecule has 2 N–H and O–H groups in total. The molecule has 0 radical (unpaired) electrons. The van der Waals surface area contributed by atoms with Crippen molar-refractivity contribution < 1.29 is 9.53 Å². The largest absolute Gasteiger partial charge is 0.444 e. The number of nitrogens with one attached hydrogen (secondary N) is 2. The van der Waals surface area contributed by atoms with Gasteiger partial charge >= 0.3 is 6.09 Å². The Morgan fingerprint density at radius 2 is 2.12 bits per heavy atom. The van der Waals surface area contributed by atoms with Crippen LogP contribution in [0.5, 0.6) is 0 Å². The van der Waals surface area contributed by atoms with E-state index in [0.29, 0.717) is 24.1 Å². The molecule has 0 spiro atoms. The first kappa shape index (κ1) is 16.4. The molecule has 7 nitrogen and oxygen atoms in total. The smallest absolute Gasteiger partial charge is 0.410 e. The van der Waals surface area contributed by atoms with Gasteiger partial charge in [-0.2, -0.15) is 0 Å². The number of aromatic amines is 2. The van der Waals surface area contributed by atoms with Crippen molar-refractivity contribution in [2.24, 2.45) is 0 Å². The molecule has 1 amide bonds. The van der Waals surface area contributed by atoms with Crippen LogP contribution in [0.4, 0.5) is 4.79 Å². The molecule has 4 rings (SSSR count). The first-order chi connectivity index (χ1) is 12.3. The average molecular weight is 352 g/mol. The molecule has 0 saturated heterocycles. The molecule has 1 aliphatic heterocycles. The van der Waals surface area contributed by atoms with Crippen LogP contribution in [0.3, 0.4) is 0 Å². The predicted molar refractivity (Wildman–Crippen MR) is 100 cm³/mol. The van der Waals surface area contributed by atoms with Crippen LogP contribution in [0.15, 0.2) is 35.4 Å². The lowest BCUT2D eigenvalue weighted by Crippen LogP contribution is -2.35. The average Bonchev–Trinajstić information content (AvgIpc) is 3.18. The third-order valence-electron chi connectivity index (χ3n) is 4.34. The van der Waals surface area contributed by atoms with E-state index in [1.54, 1.807) is 4.90 Å². The maximum absolute atomic E-state index is 12.2. The molecule has 0 saturated carbocycles. The summed E-state index contributed by atoms with van der Waals surface area (Å²) in [4.78, 5) is 35.9. The normalized spacial score (nSPS) is 14.9. The maximum atomic E-state index is 12.2. The van der Waals surface area contributed by atoms with E-state index >= 15 is 0 Å². The van der Waals surface area contributed by atoms with Crippen LogP contribution in [0.2, 0.25) is 0 Å². The molecule has 0 fully saturated rings. The molecule has 0 bridgehead atoms. The van der Waals surface area contributed by atoms with E-state index in [2.05, 4.69) is 15.0 Å². The zero-order valence-corrected chi connectivity index (χ0v) is 14.9. The van der Waals surface area contributed by atoms with Crippen molar-refractivity contribution in [3.63, 3.8) is 0 Å². The Bertz CT molecular complexity index is 1100. The standard InChI is InChI=1S/C19H20N4O3/c1-19(2,3)26-18(25)23-7-6-12(9-23)11-4-5-13-14(8-11)22-16-15(13)17(24)21-10-20-16/h4-6,8,10H,7,9H2,1-3H3,(H2,20,21,22,24). The van der Waals surface area contributed by atoms with E-state index in [4.69, 9.17) is 4.74 Å². The Morgan fingerprint density at radius 3 is 2.88 bits per heavy atom. The number of carbonyl (C=O) groups is 1. The van der Waals surface area contributed by atoms with Gasteiger partial charge in [-0.15, -0.1) is 0 Å².